The fourth-order valence-corrected chi connectivity index (χ4v) is 3.88. The molecule has 1 atom stereocenters. The molecule has 0 saturated carbocycles. The summed E-state index contributed by atoms with van der Waals surface area (Å²) in [5.41, 5.74) is 2.60. The van der Waals surface area contributed by atoms with Crippen molar-refractivity contribution in [1.29, 1.82) is 0 Å². The average Bonchev–Trinajstić information content (AvgIpc) is 3.43. The Bertz CT molecular complexity index is 1160. The number of carbonyl (C=O) groups is 2. The van der Waals surface area contributed by atoms with E-state index in [9.17, 15) is 14.7 Å². The minimum absolute atomic E-state index is 0.0144. The number of hydrogen-bond donors (Lipinski definition) is 1. The van der Waals surface area contributed by atoms with Crippen molar-refractivity contribution >= 4 is 17.4 Å². The monoisotopic (exact) mass is 447 g/mol. The first-order chi connectivity index (χ1) is 16.0. The number of hydrogen-bond acceptors (Lipinski definition) is 6. The van der Waals surface area contributed by atoms with Gasteiger partial charge in [0.2, 0.25) is 0 Å². The van der Waals surface area contributed by atoms with Crippen LogP contribution in [0.2, 0.25) is 0 Å². The van der Waals surface area contributed by atoms with Gasteiger partial charge < -0.3 is 23.9 Å². The molecule has 2 heterocycles. The van der Waals surface area contributed by atoms with Gasteiger partial charge in [0.15, 0.2) is 0 Å². The van der Waals surface area contributed by atoms with E-state index in [-0.39, 0.29) is 24.5 Å². The number of nitrogens with zero attached hydrogens (tertiary/aromatic N) is 1. The third kappa shape index (κ3) is 4.68. The maximum Gasteiger partial charge on any atom is 0.295 e. The Morgan fingerprint density at radius 3 is 2.55 bits per heavy atom. The zero-order valence-corrected chi connectivity index (χ0v) is 18.5. The summed E-state index contributed by atoms with van der Waals surface area (Å²) in [6.45, 7) is 2.87. The van der Waals surface area contributed by atoms with Crippen LogP contribution >= 0.6 is 0 Å². The predicted octanol–water partition coefficient (Wildman–Crippen LogP) is 4.24. The summed E-state index contributed by atoms with van der Waals surface area (Å²) in [7, 11) is 1.51. The quantitative estimate of drug-likeness (QED) is 0.316. The van der Waals surface area contributed by atoms with E-state index < -0.39 is 17.7 Å². The number of aliphatic hydroxyl groups is 1. The van der Waals surface area contributed by atoms with E-state index in [1.807, 2.05) is 25.1 Å². The maximum absolute atomic E-state index is 12.8. The van der Waals surface area contributed by atoms with Crippen LogP contribution in [0, 0.1) is 6.92 Å². The van der Waals surface area contributed by atoms with Crippen molar-refractivity contribution in [3.63, 3.8) is 0 Å². The van der Waals surface area contributed by atoms with Crippen molar-refractivity contribution in [1.82, 2.24) is 4.90 Å². The number of likely N-dealkylation sites (tertiary alicyclic amines) is 1. The lowest BCUT2D eigenvalue weighted by atomic mass is 9.99. The third-order valence-electron chi connectivity index (χ3n) is 5.50. The summed E-state index contributed by atoms with van der Waals surface area (Å²) in [4.78, 5) is 26.9. The van der Waals surface area contributed by atoms with Crippen LogP contribution in [-0.4, -0.2) is 42.0 Å². The molecule has 3 aromatic rings. The Morgan fingerprint density at radius 2 is 1.88 bits per heavy atom. The van der Waals surface area contributed by atoms with Crippen LogP contribution in [0.1, 0.15) is 28.5 Å². The minimum atomic E-state index is -0.826. The Balaban J connectivity index is 1.60. The summed E-state index contributed by atoms with van der Waals surface area (Å²) >= 11 is 0. The Morgan fingerprint density at radius 1 is 1.09 bits per heavy atom. The largest absolute Gasteiger partial charge is 0.507 e. The molecule has 1 saturated heterocycles. The Kier molecular flexibility index (Phi) is 6.60. The van der Waals surface area contributed by atoms with Gasteiger partial charge in [0.25, 0.3) is 11.7 Å². The third-order valence-corrected chi connectivity index (χ3v) is 5.50. The zero-order chi connectivity index (χ0) is 23.4. The van der Waals surface area contributed by atoms with E-state index >= 15 is 0 Å². The molecule has 0 spiro atoms. The first-order valence-corrected chi connectivity index (χ1v) is 10.6. The van der Waals surface area contributed by atoms with Gasteiger partial charge in [-0.15, -0.1) is 0 Å². The first kappa shape index (κ1) is 22.4. The number of amides is 1. The molecule has 1 N–H and O–H groups in total. The molecule has 2 aromatic carbocycles. The molecule has 170 valence electrons. The van der Waals surface area contributed by atoms with Crippen molar-refractivity contribution in [2.45, 2.75) is 19.6 Å². The molecule has 0 unspecified atom stereocenters. The van der Waals surface area contributed by atoms with E-state index in [2.05, 4.69) is 6.07 Å². The summed E-state index contributed by atoms with van der Waals surface area (Å²) in [5.74, 6) is -0.709. The molecule has 0 bridgehead atoms. The highest BCUT2D eigenvalue weighted by molar-refractivity contribution is 6.46. The van der Waals surface area contributed by atoms with Crippen molar-refractivity contribution in [2.75, 3.05) is 20.3 Å². The fourth-order valence-electron chi connectivity index (χ4n) is 3.88. The highest BCUT2D eigenvalue weighted by Crippen LogP contribution is 2.39. The number of benzene rings is 2. The van der Waals surface area contributed by atoms with Crippen LogP contribution in [0.25, 0.3) is 5.76 Å². The second-order valence-corrected chi connectivity index (χ2v) is 7.80. The number of Topliss-reactive ketones (excluding diaryl/α,β-unsaturated/α-hetero) is 1. The van der Waals surface area contributed by atoms with Gasteiger partial charge in [-0.1, -0.05) is 29.8 Å². The second kappa shape index (κ2) is 9.75. The molecule has 4 rings (SSSR count). The van der Waals surface area contributed by atoms with E-state index in [0.29, 0.717) is 23.7 Å². The number of methoxy groups -OCH3 is 1. The molecule has 0 aliphatic carbocycles. The lowest BCUT2D eigenvalue weighted by Gasteiger charge is -2.22. The number of furan rings is 1. The highest BCUT2D eigenvalue weighted by Gasteiger charge is 2.47. The number of ketones is 1. The molecular weight excluding hydrogens is 422 g/mol. The minimum Gasteiger partial charge on any atom is -0.507 e. The Labute approximate surface area is 191 Å². The van der Waals surface area contributed by atoms with Gasteiger partial charge in [-0.2, -0.15) is 0 Å². The topological polar surface area (TPSA) is 89.2 Å². The van der Waals surface area contributed by atoms with Crippen LogP contribution in [0.4, 0.5) is 0 Å². The average molecular weight is 447 g/mol. The molecule has 7 heteroatoms. The number of aryl methyl sites for hydroxylation is 1. The molecule has 0 radical (unpaired) electrons. The van der Waals surface area contributed by atoms with Crippen molar-refractivity contribution < 1.29 is 28.6 Å². The second-order valence-electron chi connectivity index (χ2n) is 7.80. The van der Waals surface area contributed by atoms with E-state index in [1.165, 1.54) is 18.3 Å². The zero-order valence-electron chi connectivity index (χ0n) is 18.5. The normalized spacial score (nSPS) is 17.5. The van der Waals surface area contributed by atoms with Gasteiger partial charge in [0.1, 0.15) is 29.9 Å². The number of carbonyl (C=O) groups excluding carboxylic acids is 2. The molecule has 7 nitrogen and oxygen atoms in total. The van der Waals surface area contributed by atoms with Crippen LogP contribution in [0.3, 0.4) is 0 Å². The standard InChI is InChI=1S/C26H25NO6/c1-17-5-3-6-18(15-17)16-33-20-10-8-19(9-11-20)24(28)22-23(21-7-4-13-32-21)27(12-14-31-2)26(30)25(22)29/h3-11,13,15,23,28H,12,14,16H2,1-2H3/b24-22+/t23-/m0/s1. The fraction of sp³-hybridized carbons (Fsp3) is 0.231. The number of ether oxygens (including phenoxy) is 2. The molecule has 33 heavy (non-hydrogen) atoms. The smallest absolute Gasteiger partial charge is 0.295 e. The summed E-state index contributed by atoms with van der Waals surface area (Å²) in [5, 5.41) is 11.0. The van der Waals surface area contributed by atoms with Crippen molar-refractivity contribution in [2.24, 2.45) is 0 Å². The number of rotatable bonds is 8. The van der Waals surface area contributed by atoms with Crippen molar-refractivity contribution in [3.05, 3.63) is 95.0 Å². The maximum atomic E-state index is 12.8. The number of aliphatic hydroxyl groups excluding tert-OH is 1. The summed E-state index contributed by atoms with van der Waals surface area (Å²) < 4.78 is 16.4. The van der Waals surface area contributed by atoms with E-state index in [4.69, 9.17) is 13.9 Å². The highest BCUT2D eigenvalue weighted by atomic mass is 16.5. The molecule has 1 amide bonds. The molecule has 1 aliphatic rings. The van der Waals surface area contributed by atoms with E-state index in [1.54, 1.807) is 36.4 Å². The summed E-state index contributed by atoms with van der Waals surface area (Å²) in [6, 6.07) is 17.3. The predicted molar refractivity (Wildman–Crippen MR) is 122 cm³/mol. The van der Waals surface area contributed by atoms with Gasteiger partial charge >= 0.3 is 0 Å². The van der Waals surface area contributed by atoms with Gasteiger partial charge in [0.05, 0.1) is 18.4 Å². The first-order valence-electron chi connectivity index (χ1n) is 10.6. The SMILES string of the molecule is COCCN1C(=O)C(=O)/C(=C(/O)c2ccc(OCc3cccc(C)c3)cc2)[C@@H]1c1ccco1. The molecule has 1 fully saturated rings. The van der Waals surface area contributed by atoms with Crippen LogP contribution in [-0.2, 0) is 20.9 Å². The van der Waals surface area contributed by atoms with E-state index in [0.717, 1.165) is 11.1 Å². The molecular formula is C26H25NO6. The molecule has 1 aromatic heterocycles. The molecule has 1 aliphatic heterocycles. The van der Waals surface area contributed by atoms with Gasteiger partial charge in [0, 0.05) is 19.2 Å². The van der Waals surface area contributed by atoms with Gasteiger partial charge in [-0.25, -0.2) is 0 Å². The van der Waals surface area contributed by atoms with Crippen LogP contribution in [0.5, 0.6) is 5.75 Å². The summed E-state index contributed by atoms with van der Waals surface area (Å²) in [6.07, 6.45) is 1.46. The lowest BCUT2D eigenvalue weighted by molar-refractivity contribution is -0.140. The lowest BCUT2D eigenvalue weighted by Crippen LogP contribution is -2.32. The van der Waals surface area contributed by atoms with Crippen molar-refractivity contribution in [3.8, 4) is 5.75 Å². The van der Waals surface area contributed by atoms with Gasteiger partial charge in [-0.3, -0.25) is 9.59 Å². The Hall–Kier alpha value is -3.84. The van der Waals surface area contributed by atoms with Gasteiger partial charge in [-0.05, 0) is 48.9 Å². The van der Waals surface area contributed by atoms with Crippen LogP contribution in [0.15, 0.2) is 76.9 Å². The van der Waals surface area contributed by atoms with Crippen LogP contribution < -0.4 is 4.74 Å².